The SMILES string of the molecule is O=C(O)c1cccc(CN2C(=O)[C@@]3(C[C@H]3c3ccc(F)cc3)c3ccccc32)n1. The van der Waals surface area contributed by atoms with Crippen LogP contribution in [0.5, 0.6) is 0 Å². The molecule has 5 rings (SSSR count). The first-order valence-electron chi connectivity index (χ1n) is 9.37. The average Bonchev–Trinajstić information content (AvgIpc) is 3.44. The number of rotatable bonds is 4. The van der Waals surface area contributed by atoms with Gasteiger partial charge in [0.15, 0.2) is 0 Å². The molecule has 2 atom stereocenters. The summed E-state index contributed by atoms with van der Waals surface area (Å²) < 4.78 is 13.3. The lowest BCUT2D eigenvalue weighted by Gasteiger charge is -2.18. The van der Waals surface area contributed by atoms with Gasteiger partial charge < -0.3 is 10.0 Å². The van der Waals surface area contributed by atoms with Gasteiger partial charge in [0, 0.05) is 11.6 Å². The fraction of sp³-hybridized carbons (Fsp3) is 0.174. The minimum atomic E-state index is -1.10. The van der Waals surface area contributed by atoms with Gasteiger partial charge in [-0.15, -0.1) is 0 Å². The minimum absolute atomic E-state index is 0.0000584. The van der Waals surface area contributed by atoms with E-state index in [0.717, 1.165) is 16.8 Å². The summed E-state index contributed by atoms with van der Waals surface area (Å²) in [5, 5.41) is 9.18. The molecule has 1 amide bonds. The zero-order chi connectivity index (χ0) is 20.2. The van der Waals surface area contributed by atoms with Crippen molar-refractivity contribution in [3.8, 4) is 0 Å². The molecule has 2 heterocycles. The molecule has 2 aliphatic rings. The van der Waals surface area contributed by atoms with Crippen LogP contribution < -0.4 is 4.90 Å². The van der Waals surface area contributed by atoms with Gasteiger partial charge in [-0.05, 0) is 47.9 Å². The molecule has 1 fully saturated rings. The number of amides is 1. The Balaban J connectivity index is 1.51. The number of carbonyl (C=O) groups is 2. The number of halogens is 1. The fourth-order valence-corrected chi connectivity index (χ4v) is 4.45. The van der Waals surface area contributed by atoms with E-state index in [-0.39, 0.29) is 29.9 Å². The Morgan fingerprint density at radius 3 is 2.62 bits per heavy atom. The van der Waals surface area contributed by atoms with Crippen LogP contribution in [0.25, 0.3) is 0 Å². The molecule has 2 aromatic carbocycles. The number of anilines is 1. The Hall–Kier alpha value is -3.54. The van der Waals surface area contributed by atoms with Gasteiger partial charge in [-0.1, -0.05) is 36.4 Å². The zero-order valence-corrected chi connectivity index (χ0v) is 15.4. The first kappa shape index (κ1) is 17.6. The van der Waals surface area contributed by atoms with Gasteiger partial charge in [-0.3, -0.25) is 4.79 Å². The highest BCUT2D eigenvalue weighted by Gasteiger charge is 2.67. The molecule has 1 aromatic heterocycles. The molecule has 1 N–H and O–H groups in total. The summed E-state index contributed by atoms with van der Waals surface area (Å²) >= 11 is 0. The standard InChI is InChI=1S/C23H17FN2O3/c24-15-10-8-14(9-11-15)18-12-23(18)17-5-1-2-7-20(17)26(22(23)29)13-16-4-3-6-19(25-16)21(27)28/h1-11,18H,12-13H2,(H,27,28)/t18-,23-/m0/s1. The summed E-state index contributed by atoms with van der Waals surface area (Å²) in [6, 6.07) is 18.8. The van der Waals surface area contributed by atoms with Crippen LogP contribution in [0.3, 0.4) is 0 Å². The van der Waals surface area contributed by atoms with Crippen LogP contribution >= 0.6 is 0 Å². The number of carboxylic acids is 1. The number of carbonyl (C=O) groups excluding carboxylic acids is 1. The number of para-hydroxylation sites is 1. The molecule has 3 aromatic rings. The van der Waals surface area contributed by atoms with Gasteiger partial charge in [0.1, 0.15) is 11.5 Å². The van der Waals surface area contributed by atoms with E-state index in [1.54, 1.807) is 29.2 Å². The third-order valence-electron chi connectivity index (χ3n) is 5.88. The van der Waals surface area contributed by atoms with Gasteiger partial charge in [-0.25, -0.2) is 14.2 Å². The smallest absolute Gasteiger partial charge is 0.354 e. The molecule has 144 valence electrons. The molecule has 5 nitrogen and oxygen atoms in total. The monoisotopic (exact) mass is 388 g/mol. The molecule has 6 heteroatoms. The van der Waals surface area contributed by atoms with Crippen LogP contribution in [0, 0.1) is 5.82 Å². The molecule has 0 bridgehead atoms. The molecule has 0 unspecified atom stereocenters. The number of hydrogen-bond acceptors (Lipinski definition) is 3. The minimum Gasteiger partial charge on any atom is -0.477 e. The molecule has 1 aliphatic carbocycles. The zero-order valence-electron chi connectivity index (χ0n) is 15.4. The van der Waals surface area contributed by atoms with Gasteiger partial charge in [0.05, 0.1) is 17.7 Å². The Bertz CT molecular complexity index is 1140. The second-order valence-electron chi connectivity index (χ2n) is 7.51. The van der Waals surface area contributed by atoms with Crippen LogP contribution in [0.2, 0.25) is 0 Å². The lowest BCUT2D eigenvalue weighted by atomic mass is 9.92. The number of pyridine rings is 1. The Morgan fingerprint density at radius 1 is 1.10 bits per heavy atom. The summed E-state index contributed by atoms with van der Waals surface area (Å²) in [6.07, 6.45) is 0.674. The molecular formula is C23H17FN2O3. The highest BCUT2D eigenvalue weighted by atomic mass is 19.1. The van der Waals surface area contributed by atoms with Crippen molar-refractivity contribution in [3.63, 3.8) is 0 Å². The van der Waals surface area contributed by atoms with Crippen molar-refractivity contribution in [2.24, 2.45) is 0 Å². The molecule has 0 radical (unpaired) electrons. The predicted molar refractivity (Wildman–Crippen MR) is 104 cm³/mol. The van der Waals surface area contributed by atoms with Crippen LogP contribution in [0.4, 0.5) is 10.1 Å². The number of fused-ring (bicyclic) bond motifs is 2. The number of benzene rings is 2. The molecule has 1 saturated carbocycles. The Labute approximate surface area is 166 Å². The number of carboxylic acid groups (broad SMARTS) is 1. The Morgan fingerprint density at radius 2 is 1.86 bits per heavy atom. The largest absolute Gasteiger partial charge is 0.477 e. The topological polar surface area (TPSA) is 70.5 Å². The van der Waals surface area contributed by atoms with Crippen molar-refractivity contribution >= 4 is 17.6 Å². The second kappa shape index (κ2) is 6.24. The fourth-order valence-electron chi connectivity index (χ4n) is 4.45. The van der Waals surface area contributed by atoms with E-state index in [4.69, 9.17) is 0 Å². The molecule has 0 saturated heterocycles. The van der Waals surface area contributed by atoms with Crippen LogP contribution in [0.1, 0.15) is 39.6 Å². The van der Waals surface area contributed by atoms with Crippen molar-refractivity contribution in [3.05, 3.63) is 95.1 Å². The summed E-state index contributed by atoms with van der Waals surface area (Å²) in [5.74, 6) is -1.42. The van der Waals surface area contributed by atoms with Gasteiger partial charge >= 0.3 is 5.97 Å². The highest BCUT2D eigenvalue weighted by Crippen LogP contribution is 2.66. The van der Waals surface area contributed by atoms with Crippen LogP contribution in [-0.4, -0.2) is 22.0 Å². The molecular weight excluding hydrogens is 371 g/mol. The summed E-state index contributed by atoms with van der Waals surface area (Å²) in [6.45, 7) is 0.203. The van der Waals surface area contributed by atoms with Gasteiger partial charge in [0.25, 0.3) is 0 Å². The number of aromatic carboxylic acids is 1. The average molecular weight is 388 g/mol. The summed E-state index contributed by atoms with van der Waals surface area (Å²) in [7, 11) is 0. The van der Waals surface area contributed by atoms with E-state index in [0.29, 0.717) is 12.1 Å². The number of aromatic nitrogens is 1. The van der Waals surface area contributed by atoms with Crippen molar-refractivity contribution in [2.75, 3.05) is 4.90 Å². The van der Waals surface area contributed by atoms with E-state index >= 15 is 0 Å². The second-order valence-corrected chi connectivity index (χ2v) is 7.51. The van der Waals surface area contributed by atoms with E-state index in [2.05, 4.69) is 4.98 Å². The van der Waals surface area contributed by atoms with Crippen molar-refractivity contribution in [1.29, 1.82) is 0 Å². The van der Waals surface area contributed by atoms with Crippen molar-refractivity contribution in [1.82, 2.24) is 4.98 Å². The maximum Gasteiger partial charge on any atom is 0.354 e. The maximum atomic E-state index is 13.5. The third-order valence-corrected chi connectivity index (χ3v) is 5.88. The van der Waals surface area contributed by atoms with E-state index in [1.165, 1.54) is 18.2 Å². The van der Waals surface area contributed by atoms with E-state index in [1.807, 2.05) is 24.3 Å². The van der Waals surface area contributed by atoms with E-state index < -0.39 is 11.4 Å². The summed E-state index contributed by atoms with van der Waals surface area (Å²) in [5.41, 5.74) is 2.57. The lowest BCUT2D eigenvalue weighted by molar-refractivity contribution is -0.120. The van der Waals surface area contributed by atoms with Crippen LogP contribution in [-0.2, 0) is 16.8 Å². The first-order valence-corrected chi connectivity index (χ1v) is 9.37. The normalized spacial score (nSPS) is 22.0. The molecule has 29 heavy (non-hydrogen) atoms. The summed E-state index contributed by atoms with van der Waals surface area (Å²) in [4.78, 5) is 30.6. The van der Waals surface area contributed by atoms with Crippen LogP contribution in [0.15, 0.2) is 66.7 Å². The quantitative estimate of drug-likeness (QED) is 0.736. The third kappa shape index (κ3) is 2.63. The van der Waals surface area contributed by atoms with Crippen molar-refractivity contribution in [2.45, 2.75) is 24.3 Å². The highest BCUT2D eigenvalue weighted by molar-refractivity contribution is 6.11. The Kier molecular flexibility index (Phi) is 3.77. The van der Waals surface area contributed by atoms with Gasteiger partial charge in [0.2, 0.25) is 5.91 Å². The molecule has 1 aliphatic heterocycles. The molecule has 1 spiro atoms. The number of hydrogen-bond donors (Lipinski definition) is 1. The first-order chi connectivity index (χ1) is 14.0. The van der Waals surface area contributed by atoms with Gasteiger partial charge in [-0.2, -0.15) is 0 Å². The number of nitrogens with zero attached hydrogens (tertiary/aromatic N) is 2. The predicted octanol–water partition coefficient (Wildman–Crippen LogP) is 3.89. The maximum absolute atomic E-state index is 13.5. The van der Waals surface area contributed by atoms with E-state index in [9.17, 15) is 19.1 Å². The lowest BCUT2D eigenvalue weighted by Crippen LogP contribution is -2.32. The van der Waals surface area contributed by atoms with Crippen molar-refractivity contribution < 1.29 is 19.1 Å².